The van der Waals surface area contributed by atoms with E-state index in [2.05, 4.69) is 10.6 Å². The molecule has 0 aliphatic carbocycles. The van der Waals surface area contributed by atoms with Crippen LogP contribution in [-0.2, 0) is 21.2 Å². The molecule has 0 aliphatic rings. The van der Waals surface area contributed by atoms with Crippen molar-refractivity contribution in [3.8, 4) is 11.5 Å². The smallest absolute Gasteiger partial charge is 0.315 e. The predicted octanol–water partition coefficient (Wildman–Crippen LogP) is 4.33. The molecule has 0 aliphatic heterocycles. The Hall–Kier alpha value is -3.85. The van der Waals surface area contributed by atoms with Crippen molar-refractivity contribution in [2.45, 2.75) is 30.7 Å². The fourth-order valence-electron chi connectivity index (χ4n) is 3.52. The van der Waals surface area contributed by atoms with Crippen molar-refractivity contribution < 1.29 is 27.9 Å². The number of rotatable bonds is 11. The summed E-state index contributed by atoms with van der Waals surface area (Å²) < 4.78 is 32.1. The molecule has 0 bridgehead atoms. The quantitative estimate of drug-likeness (QED) is 0.363. The van der Waals surface area contributed by atoms with E-state index in [1.807, 2.05) is 6.92 Å². The molecule has 8 nitrogen and oxygen atoms in total. The molecule has 0 saturated heterocycles. The largest absolute Gasteiger partial charge is 0.481 e. The molecule has 9 heteroatoms. The molecule has 3 N–H and O–H groups in total. The van der Waals surface area contributed by atoms with Gasteiger partial charge in [0.15, 0.2) is 9.84 Å². The fourth-order valence-corrected chi connectivity index (χ4v) is 5.13. The van der Waals surface area contributed by atoms with Crippen molar-refractivity contribution in [1.82, 2.24) is 10.6 Å². The number of carboxylic acids is 1. The van der Waals surface area contributed by atoms with Crippen LogP contribution in [0.2, 0.25) is 0 Å². The van der Waals surface area contributed by atoms with Gasteiger partial charge >= 0.3 is 12.0 Å². The highest BCUT2D eigenvalue weighted by Gasteiger charge is 2.25. The highest BCUT2D eigenvalue weighted by Crippen LogP contribution is 2.28. The number of carboxylic acid groups (broad SMARTS) is 1. The van der Waals surface area contributed by atoms with Crippen LogP contribution in [0.4, 0.5) is 4.79 Å². The number of carbonyl (C=O) groups is 2. The van der Waals surface area contributed by atoms with E-state index in [-0.39, 0.29) is 23.1 Å². The lowest BCUT2D eigenvalue weighted by atomic mass is 9.98. The number of amides is 2. The SMILES string of the molecule is CCNC(=O)NCc1ccc(Oc2cccc(S(=O)(=O)CC(CC(=O)O)c3ccccc3)c2)cc1. The summed E-state index contributed by atoms with van der Waals surface area (Å²) in [6.07, 6.45) is -0.291. The van der Waals surface area contributed by atoms with Gasteiger partial charge in [0.1, 0.15) is 11.5 Å². The van der Waals surface area contributed by atoms with E-state index in [0.717, 1.165) is 5.56 Å². The van der Waals surface area contributed by atoms with Gasteiger partial charge in [-0.1, -0.05) is 48.5 Å². The second kappa shape index (κ2) is 12.0. The van der Waals surface area contributed by atoms with Gasteiger partial charge < -0.3 is 20.5 Å². The molecule has 3 aromatic rings. The monoisotopic (exact) mass is 496 g/mol. The van der Waals surface area contributed by atoms with Crippen LogP contribution in [0.3, 0.4) is 0 Å². The molecule has 0 spiro atoms. The van der Waals surface area contributed by atoms with Crippen LogP contribution in [0.5, 0.6) is 11.5 Å². The van der Waals surface area contributed by atoms with Crippen molar-refractivity contribution >= 4 is 21.8 Å². The molecule has 184 valence electrons. The molecular formula is C26H28N2O6S. The zero-order valence-electron chi connectivity index (χ0n) is 19.3. The third-order valence-corrected chi connectivity index (χ3v) is 7.04. The lowest BCUT2D eigenvalue weighted by Crippen LogP contribution is -2.34. The van der Waals surface area contributed by atoms with E-state index in [1.165, 1.54) is 12.1 Å². The second-order valence-electron chi connectivity index (χ2n) is 7.92. The van der Waals surface area contributed by atoms with Crippen LogP contribution in [0.1, 0.15) is 30.4 Å². The van der Waals surface area contributed by atoms with Crippen molar-refractivity contribution in [2.24, 2.45) is 0 Å². The number of nitrogens with one attached hydrogen (secondary N) is 2. The summed E-state index contributed by atoms with van der Waals surface area (Å²) in [4.78, 5) is 22.9. The maximum atomic E-state index is 13.1. The minimum Gasteiger partial charge on any atom is -0.481 e. The van der Waals surface area contributed by atoms with Crippen molar-refractivity contribution in [2.75, 3.05) is 12.3 Å². The van der Waals surface area contributed by atoms with E-state index in [1.54, 1.807) is 66.7 Å². The molecule has 0 saturated carbocycles. The van der Waals surface area contributed by atoms with Gasteiger partial charge in [0, 0.05) is 19.0 Å². The van der Waals surface area contributed by atoms with E-state index in [4.69, 9.17) is 4.74 Å². The first-order valence-electron chi connectivity index (χ1n) is 11.1. The molecule has 2 amide bonds. The van der Waals surface area contributed by atoms with Crippen LogP contribution >= 0.6 is 0 Å². The Kier molecular flexibility index (Phi) is 8.86. The average Bonchev–Trinajstić information content (AvgIpc) is 2.84. The van der Waals surface area contributed by atoms with Gasteiger partial charge in [0.05, 0.1) is 17.1 Å². The summed E-state index contributed by atoms with van der Waals surface area (Å²) in [7, 11) is -3.78. The third-order valence-electron chi connectivity index (χ3n) is 5.23. The van der Waals surface area contributed by atoms with E-state index < -0.39 is 21.7 Å². The molecule has 3 aromatic carbocycles. The van der Waals surface area contributed by atoms with Crippen molar-refractivity contribution in [3.05, 3.63) is 90.0 Å². The van der Waals surface area contributed by atoms with Crippen molar-refractivity contribution in [3.63, 3.8) is 0 Å². The molecule has 0 radical (unpaired) electrons. The number of benzene rings is 3. The third kappa shape index (κ3) is 7.86. The van der Waals surface area contributed by atoms with Gasteiger partial charge in [-0.25, -0.2) is 13.2 Å². The molecule has 0 fully saturated rings. The summed E-state index contributed by atoms with van der Waals surface area (Å²) in [5, 5.41) is 14.7. The van der Waals surface area contributed by atoms with E-state index >= 15 is 0 Å². The number of urea groups is 1. The zero-order chi connectivity index (χ0) is 25.3. The summed E-state index contributed by atoms with van der Waals surface area (Å²) in [6, 6.07) is 21.7. The molecule has 3 rings (SSSR count). The topological polar surface area (TPSA) is 122 Å². The van der Waals surface area contributed by atoms with Gasteiger partial charge in [-0.3, -0.25) is 4.79 Å². The highest BCUT2D eigenvalue weighted by atomic mass is 32.2. The lowest BCUT2D eigenvalue weighted by molar-refractivity contribution is -0.137. The standard InChI is InChI=1S/C26H28N2O6S/c1-2-27-26(31)28-17-19-11-13-22(14-12-19)34-23-9-6-10-24(16-23)35(32,33)18-21(15-25(29)30)20-7-4-3-5-8-20/h3-14,16,21H,2,15,17-18H2,1H3,(H,29,30)(H2,27,28,31). The van der Waals surface area contributed by atoms with E-state index in [0.29, 0.717) is 30.2 Å². The molecule has 0 heterocycles. The number of sulfone groups is 1. The van der Waals surface area contributed by atoms with Crippen LogP contribution in [-0.4, -0.2) is 37.8 Å². The number of carbonyl (C=O) groups excluding carboxylic acids is 1. The average molecular weight is 497 g/mol. The molecule has 0 aromatic heterocycles. The Morgan fingerprint density at radius 1 is 0.914 bits per heavy atom. The summed E-state index contributed by atoms with van der Waals surface area (Å²) in [5.41, 5.74) is 1.54. The Morgan fingerprint density at radius 3 is 2.29 bits per heavy atom. The first-order chi connectivity index (χ1) is 16.8. The number of aliphatic carboxylic acids is 1. The first-order valence-corrected chi connectivity index (χ1v) is 12.8. The maximum absolute atomic E-state index is 13.1. The summed E-state index contributed by atoms with van der Waals surface area (Å²) in [6.45, 7) is 2.74. The van der Waals surface area contributed by atoms with Gasteiger partial charge in [-0.05, 0) is 48.4 Å². The second-order valence-corrected chi connectivity index (χ2v) is 9.95. The minimum atomic E-state index is -3.78. The fraction of sp³-hybridized carbons (Fsp3) is 0.231. The van der Waals surface area contributed by atoms with Crippen molar-refractivity contribution in [1.29, 1.82) is 0 Å². The number of hydrogen-bond acceptors (Lipinski definition) is 5. The minimum absolute atomic E-state index is 0.0593. The normalized spacial score (nSPS) is 11.9. The predicted molar refractivity (Wildman–Crippen MR) is 132 cm³/mol. The number of ether oxygens (including phenoxy) is 1. The van der Waals surface area contributed by atoms with Gasteiger partial charge in [0.2, 0.25) is 0 Å². The molecule has 35 heavy (non-hydrogen) atoms. The lowest BCUT2D eigenvalue weighted by Gasteiger charge is -2.16. The molecular weight excluding hydrogens is 468 g/mol. The maximum Gasteiger partial charge on any atom is 0.315 e. The van der Waals surface area contributed by atoms with Gasteiger partial charge in [-0.2, -0.15) is 0 Å². The highest BCUT2D eigenvalue weighted by molar-refractivity contribution is 7.91. The summed E-state index contributed by atoms with van der Waals surface area (Å²) in [5.74, 6) is -1.22. The molecule has 1 unspecified atom stereocenters. The van der Waals surface area contributed by atoms with Crippen LogP contribution in [0.15, 0.2) is 83.8 Å². The number of hydrogen-bond donors (Lipinski definition) is 3. The Morgan fingerprint density at radius 2 is 1.63 bits per heavy atom. The van der Waals surface area contributed by atoms with E-state index in [9.17, 15) is 23.1 Å². The Bertz CT molecular complexity index is 1240. The van der Waals surface area contributed by atoms with Crippen LogP contribution in [0, 0.1) is 0 Å². The van der Waals surface area contributed by atoms with Gasteiger partial charge in [0.25, 0.3) is 0 Å². The first kappa shape index (κ1) is 25.8. The zero-order valence-corrected chi connectivity index (χ0v) is 20.1. The summed E-state index contributed by atoms with van der Waals surface area (Å²) >= 11 is 0. The Balaban J connectivity index is 1.70. The molecule has 1 atom stereocenters. The van der Waals surface area contributed by atoms with Crippen LogP contribution in [0.25, 0.3) is 0 Å². The van der Waals surface area contributed by atoms with Gasteiger partial charge in [-0.15, -0.1) is 0 Å². The Labute approximate surface area is 204 Å². The van der Waals surface area contributed by atoms with Crippen LogP contribution < -0.4 is 15.4 Å².